The van der Waals surface area contributed by atoms with Crippen LogP contribution in [0.5, 0.6) is 5.75 Å². The highest BCUT2D eigenvalue weighted by Gasteiger charge is 2.25. The Bertz CT molecular complexity index is 810. The Balaban J connectivity index is 1.56. The van der Waals surface area contributed by atoms with Gasteiger partial charge in [0.15, 0.2) is 0 Å². The number of sulfonamides is 1. The molecule has 2 aromatic carbocycles. The van der Waals surface area contributed by atoms with E-state index in [0.29, 0.717) is 11.4 Å². The molecule has 0 radical (unpaired) electrons. The molecule has 1 saturated heterocycles. The molecular weight excluding hydrogens is 364 g/mol. The Kier molecular flexibility index (Phi) is 6.84. The number of piperidine rings is 1. The van der Waals surface area contributed by atoms with E-state index < -0.39 is 10.0 Å². The molecule has 27 heavy (non-hydrogen) atoms. The predicted molar refractivity (Wildman–Crippen MR) is 104 cm³/mol. The molecule has 0 bridgehead atoms. The van der Waals surface area contributed by atoms with Gasteiger partial charge in [-0.2, -0.15) is 0 Å². The maximum Gasteiger partial charge on any atom is 0.240 e. The standard InChI is InChI=1S/C20H26N2O4S/c23-13-14-26-19-10-8-17(9-11-19)15-22-12-4-5-18(16-22)21-27(24,25)20-6-2-1-3-7-20/h1-3,6-11,18,21,23H,4-5,12-16H2/t18-/m1/s1. The molecule has 1 aliphatic heterocycles. The van der Waals surface area contributed by atoms with Crippen molar-refractivity contribution in [3.05, 3.63) is 60.2 Å². The first kappa shape index (κ1) is 19.8. The van der Waals surface area contributed by atoms with Crippen LogP contribution >= 0.6 is 0 Å². The van der Waals surface area contributed by atoms with Gasteiger partial charge in [0.2, 0.25) is 10.0 Å². The second-order valence-corrected chi connectivity index (χ2v) is 8.44. The van der Waals surface area contributed by atoms with Crippen LogP contribution in [0.25, 0.3) is 0 Å². The van der Waals surface area contributed by atoms with Crippen LogP contribution in [-0.2, 0) is 16.6 Å². The minimum absolute atomic E-state index is 0.00416. The summed E-state index contributed by atoms with van der Waals surface area (Å²) in [7, 11) is -3.48. The van der Waals surface area contributed by atoms with Crippen molar-refractivity contribution in [1.82, 2.24) is 9.62 Å². The molecule has 2 aromatic rings. The van der Waals surface area contributed by atoms with E-state index >= 15 is 0 Å². The molecule has 0 spiro atoms. The SMILES string of the molecule is O=S(=O)(N[C@@H]1CCCN(Cc2ccc(OCCO)cc2)C1)c1ccccc1. The van der Waals surface area contributed by atoms with Gasteiger partial charge >= 0.3 is 0 Å². The summed E-state index contributed by atoms with van der Waals surface area (Å²) in [4.78, 5) is 2.58. The van der Waals surface area contributed by atoms with Crippen LogP contribution in [0.4, 0.5) is 0 Å². The summed E-state index contributed by atoms with van der Waals surface area (Å²) in [6.45, 7) is 2.69. The third-order valence-corrected chi connectivity index (χ3v) is 6.11. The zero-order valence-electron chi connectivity index (χ0n) is 15.3. The summed E-state index contributed by atoms with van der Waals surface area (Å²) in [5, 5.41) is 8.80. The Morgan fingerprint density at radius 3 is 2.56 bits per heavy atom. The fraction of sp³-hybridized carbons (Fsp3) is 0.400. The van der Waals surface area contributed by atoms with Gasteiger partial charge in [-0.05, 0) is 49.2 Å². The highest BCUT2D eigenvalue weighted by Crippen LogP contribution is 2.18. The monoisotopic (exact) mass is 390 g/mol. The Hall–Kier alpha value is -1.93. The molecule has 1 heterocycles. The molecule has 146 valence electrons. The van der Waals surface area contributed by atoms with Crippen LogP contribution in [0.15, 0.2) is 59.5 Å². The number of ether oxygens (including phenoxy) is 1. The molecule has 2 N–H and O–H groups in total. The average Bonchev–Trinajstić information content (AvgIpc) is 2.68. The lowest BCUT2D eigenvalue weighted by atomic mass is 10.1. The lowest BCUT2D eigenvalue weighted by Crippen LogP contribution is -2.47. The molecule has 7 heteroatoms. The number of nitrogens with zero attached hydrogens (tertiary/aromatic N) is 1. The van der Waals surface area contributed by atoms with Crippen molar-refractivity contribution >= 4 is 10.0 Å². The lowest BCUT2D eigenvalue weighted by Gasteiger charge is -2.33. The first-order valence-corrected chi connectivity index (χ1v) is 10.7. The molecule has 1 fully saturated rings. The van der Waals surface area contributed by atoms with Gasteiger partial charge in [-0.15, -0.1) is 0 Å². The topological polar surface area (TPSA) is 78.9 Å². The van der Waals surface area contributed by atoms with Gasteiger partial charge in [-0.25, -0.2) is 13.1 Å². The van der Waals surface area contributed by atoms with Crippen molar-refractivity contribution in [2.24, 2.45) is 0 Å². The number of likely N-dealkylation sites (tertiary alicyclic amines) is 1. The largest absolute Gasteiger partial charge is 0.491 e. The molecular formula is C20H26N2O4S. The minimum Gasteiger partial charge on any atom is -0.491 e. The predicted octanol–water partition coefficient (Wildman–Crippen LogP) is 2.00. The summed E-state index contributed by atoms with van der Waals surface area (Å²) in [5.41, 5.74) is 1.15. The number of nitrogens with one attached hydrogen (secondary N) is 1. The van der Waals surface area contributed by atoms with Crippen molar-refractivity contribution in [3.63, 3.8) is 0 Å². The van der Waals surface area contributed by atoms with Gasteiger partial charge < -0.3 is 9.84 Å². The summed E-state index contributed by atoms with van der Waals surface area (Å²) >= 11 is 0. The van der Waals surface area contributed by atoms with Crippen molar-refractivity contribution < 1.29 is 18.3 Å². The van der Waals surface area contributed by atoms with E-state index in [1.54, 1.807) is 24.3 Å². The van der Waals surface area contributed by atoms with E-state index in [1.807, 2.05) is 30.3 Å². The van der Waals surface area contributed by atoms with E-state index in [2.05, 4.69) is 9.62 Å². The molecule has 0 aromatic heterocycles. The van der Waals surface area contributed by atoms with E-state index in [9.17, 15) is 8.42 Å². The van der Waals surface area contributed by atoms with Gasteiger partial charge in [-0.1, -0.05) is 30.3 Å². The Morgan fingerprint density at radius 1 is 1.11 bits per heavy atom. The number of rotatable bonds is 8. The number of benzene rings is 2. The Labute approximate surface area is 160 Å². The molecule has 0 aliphatic carbocycles. The molecule has 0 saturated carbocycles. The van der Waals surface area contributed by atoms with Crippen LogP contribution < -0.4 is 9.46 Å². The van der Waals surface area contributed by atoms with Crippen molar-refractivity contribution in [3.8, 4) is 5.75 Å². The third kappa shape index (κ3) is 5.77. The fourth-order valence-corrected chi connectivity index (χ4v) is 4.58. The zero-order valence-corrected chi connectivity index (χ0v) is 16.1. The summed E-state index contributed by atoms with van der Waals surface area (Å²) in [6, 6.07) is 16.2. The normalized spacial score (nSPS) is 18.3. The minimum atomic E-state index is -3.48. The molecule has 1 aliphatic rings. The van der Waals surface area contributed by atoms with Crippen LogP contribution in [0.3, 0.4) is 0 Å². The molecule has 0 unspecified atom stereocenters. The van der Waals surface area contributed by atoms with Crippen LogP contribution in [0.2, 0.25) is 0 Å². The quantitative estimate of drug-likeness (QED) is 0.721. The maximum absolute atomic E-state index is 12.5. The summed E-state index contributed by atoms with van der Waals surface area (Å²) in [6.07, 6.45) is 1.80. The van der Waals surface area contributed by atoms with Gasteiger partial charge in [-0.3, -0.25) is 4.90 Å². The van der Waals surface area contributed by atoms with E-state index in [0.717, 1.165) is 37.2 Å². The molecule has 1 atom stereocenters. The first-order chi connectivity index (χ1) is 13.1. The molecule has 3 rings (SSSR count). The maximum atomic E-state index is 12.5. The van der Waals surface area contributed by atoms with Crippen molar-refractivity contribution in [2.45, 2.75) is 30.3 Å². The average molecular weight is 391 g/mol. The highest BCUT2D eigenvalue weighted by molar-refractivity contribution is 7.89. The van der Waals surface area contributed by atoms with Gasteiger partial charge in [0.05, 0.1) is 11.5 Å². The van der Waals surface area contributed by atoms with E-state index in [-0.39, 0.29) is 19.3 Å². The molecule has 6 nitrogen and oxygen atoms in total. The zero-order chi connectivity index (χ0) is 19.1. The van der Waals surface area contributed by atoms with Crippen LogP contribution in [0, 0.1) is 0 Å². The van der Waals surface area contributed by atoms with E-state index in [4.69, 9.17) is 9.84 Å². The van der Waals surface area contributed by atoms with Gasteiger partial charge in [0.1, 0.15) is 12.4 Å². The van der Waals surface area contributed by atoms with Crippen LogP contribution in [-0.4, -0.2) is 50.8 Å². The summed E-state index contributed by atoms with van der Waals surface area (Å²) < 4.78 is 33.3. The first-order valence-electron chi connectivity index (χ1n) is 9.19. The Morgan fingerprint density at radius 2 is 1.85 bits per heavy atom. The second kappa shape index (κ2) is 9.32. The number of aliphatic hydroxyl groups is 1. The van der Waals surface area contributed by atoms with Crippen LogP contribution in [0.1, 0.15) is 18.4 Å². The number of hydrogen-bond acceptors (Lipinski definition) is 5. The third-order valence-electron chi connectivity index (χ3n) is 4.57. The summed E-state index contributed by atoms with van der Waals surface area (Å²) in [5.74, 6) is 0.736. The number of aliphatic hydroxyl groups excluding tert-OH is 1. The highest BCUT2D eigenvalue weighted by atomic mass is 32.2. The van der Waals surface area contributed by atoms with Crippen molar-refractivity contribution in [2.75, 3.05) is 26.3 Å². The molecule has 0 amide bonds. The van der Waals surface area contributed by atoms with Gasteiger partial charge in [0.25, 0.3) is 0 Å². The second-order valence-electron chi connectivity index (χ2n) is 6.72. The smallest absolute Gasteiger partial charge is 0.240 e. The lowest BCUT2D eigenvalue weighted by molar-refractivity contribution is 0.194. The fourth-order valence-electron chi connectivity index (χ4n) is 3.30. The van der Waals surface area contributed by atoms with Crippen molar-refractivity contribution in [1.29, 1.82) is 0 Å². The van der Waals surface area contributed by atoms with Gasteiger partial charge in [0, 0.05) is 19.1 Å². The van der Waals surface area contributed by atoms with E-state index in [1.165, 1.54) is 0 Å². The number of hydrogen-bond donors (Lipinski definition) is 2.